The Labute approximate surface area is 216 Å². The van der Waals surface area contributed by atoms with Crippen molar-refractivity contribution in [2.24, 2.45) is 0 Å². The highest BCUT2D eigenvalue weighted by atomic mass is 32.1. The number of fused-ring (bicyclic) bond motifs is 1. The molecule has 0 saturated heterocycles. The maximum atomic E-state index is 13.4. The molecule has 186 valence electrons. The number of aromatic nitrogens is 1. The highest BCUT2D eigenvalue weighted by Crippen LogP contribution is 2.29. The molecule has 4 aromatic rings. The molecule has 1 aromatic heterocycles. The molecule has 3 aromatic carbocycles. The third-order valence-corrected chi connectivity index (χ3v) is 7.16. The second-order valence-corrected chi connectivity index (χ2v) is 9.99. The Morgan fingerprint density at radius 3 is 2.08 bits per heavy atom. The predicted molar refractivity (Wildman–Crippen MR) is 147 cm³/mol. The Morgan fingerprint density at radius 2 is 1.47 bits per heavy atom. The molecule has 0 aliphatic carbocycles. The molecule has 0 saturated carbocycles. The van der Waals surface area contributed by atoms with Gasteiger partial charge in [0.05, 0.1) is 10.2 Å². The fourth-order valence-electron chi connectivity index (χ4n) is 4.24. The van der Waals surface area contributed by atoms with Crippen LogP contribution in [0.3, 0.4) is 0 Å². The zero-order valence-electron chi connectivity index (χ0n) is 20.8. The average Bonchev–Trinajstić information content (AvgIpc) is 3.31. The van der Waals surface area contributed by atoms with Gasteiger partial charge in [-0.15, -0.1) is 0 Å². The minimum atomic E-state index is -0.189. The molecular weight excluding hydrogens is 468 g/mol. The minimum absolute atomic E-state index is 0.0629. The first kappa shape index (κ1) is 25.4. The molecule has 1 heterocycles. The molecule has 0 aliphatic rings. The lowest BCUT2D eigenvalue weighted by Gasteiger charge is -2.26. The van der Waals surface area contributed by atoms with E-state index >= 15 is 0 Å². The molecule has 0 aliphatic heterocycles. The third-order valence-electron chi connectivity index (χ3n) is 6.20. The van der Waals surface area contributed by atoms with Gasteiger partial charge in [0.1, 0.15) is 0 Å². The van der Waals surface area contributed by atoms with Crippen LogP contribution in [0.4, 0.5) is 9.93 Å². The number of carbonyl (C=O) groups is 2. The van der Waals surface area contributed by atoms with Gasteiger partial charge in [-0.3, -0.25) is 10.1 Å². The summed E-state index contributed by atoms with van der Waals surface area (Å²) in [6.45, 7) is 1.05. The van der Waals surface area contributed by atoms with Crippen molar-refractivity contribution in [2.45, 2.75) is 25.2 Å². The van der Waals surface area contributed by atoms with E-state index in [-0.39, 0.29) is 17.9 Å². The Kier molecular flexibility index (Phi) is 8.68. The molecule has 6 nitrogen and oxygen atoms in total. The zero-order valence-corrected chi connectivity index (χ0v) is 21.6. The van der Waals surface area contributed by atoms with Gasteiger partial charge < -0.3 is 9.80 Å². The number of carbonyl (C=O) groups excluding carboxylic acids is 2. The quantitative estimate of drug-likeness (QED) is 0.281. The second kappa shape index (κ2) is 12.3. The largest absolute Gasteiger partial charge is 0.349 e. The molecule has 4 rings (SSSR count). The van der Waals surface area contributed by atoms with Crippen molar-refractivity contribution in [1.29, 1.82) is 0 Å². The highest BCUT2D eigenvalue weighted by molar-refractivity contribution is 7.22. The van der Waals surface area contributed by atoms with Crippen LogP contribution in [0.25, 0.3) is 10.2 Å². The molecular formula is C29H32N4O2S. The summed E-state index contributed by atoms with van der Waals surface area (Å²) in [5, 5.41) is 3.58. The number of urea groups is 1. The maximum absolute atomic E-state index is 13.4. The van der Waals surface area contributed by atoms with E-state index in [1.165, 1.54) is 22.5 Å². The number of amides is 3. The molecule has 0 fully saturated rings. The summed E-state index contributed by atoms with van der Waals surface area (Å²) in [6, 6.07) is 28.4. The maximum Gasteiger partial charge on any atom is 0.323 e. The summed E-state index contributed by atoms with van der Waals surface area (Å²) in [5.74, 6) is 0.224. The standard InChI is InChI=1S/C29H32N4O2S/c1-32(2)27(34)18-11-20-33(29(35)31-28-30-25-16-9-10-17-26(25)36-28)21-19-24(22-12-5-3-6-13-22)23-14-7-4-8-15-23/h3-10,12-17,24H,11,18-21H2,1-2H3,(H,30,31,35). The molecule has 0 bridgehead atoms. The smallest absolute Gasteiger partial charge is 0.323 e. The SMILES string of the molecule is CN(C)C(=O)CCCN(CCC(c1ccccc1)c1ccccc1)C(=O)Nc1nc2ccccc2s1. The van der Waals surface area contributed by atoms with Gasteiger partial charge in [-0.2, -0.15) is 0 Å². The lowest BCUT2D eigenvalue weighted by Crippen LogP contribution is -2.37. The first-order valence-electron chi connectivity index (χ1n) is 12.2. The Hall–Kier alpha value is -3.71. The molecule has 3 amide bonds. The van der Waals surface area contributed by atoms with Crippen LogP contribution in [0, 0.1) is 0 Å². The van der Waals surface area contributed by atoms with Crippen LogP contribution in [0.15, 0.2) is 84.9 Å². The number of rotatable bonds is 10. The molecule has 36 heavy (non-hydrogen) atoms. The van der Waals surface area contributed by atoms with Crippen LogP contribution in [0.1, 0.15) is 36.3 Å². The second-order valence-electron chi connectivity index (χ2n) is 8.96. The zero-order chi connectivity index (χ0) is 25.3. The number of anilines is 1. The lowest BCUT2D eigenvalue weighted by atomic mass is 9.88. The molecule has 0 spiro atoms. The van der Waals surface area contributed by atoms with Crippen LogP contribution in [0.5, 0.6) is 0 Å². The predicted octanol–water partition coefficient (Wildman–Crippen LogP) is 6.22. The summed E-state index contributed by atoms with van der Waals surface area (Å²) in [4.78, 5) is 33.4. The molecule has 1 N–H and O–H groups in total. The number of para-hydroxylation sites is 1. The van der Waals surface area contributed by atoms with E-state index in [2.05, 4.69) is 58.8 Å². The van der Waals surface area contributed by atoms with Crippen molar-refractivity contribution in [1.82, 2.24) is 14.8 Å². The normalized spacial score (nSPS) is 11.0. The highest BCUT2D eigenvalue weighted by Gasteiger charge is 2.20. The molecule has 7 heteroatoms. The van der Waals surface area contributed by atoms with Crippen LogP contribution in [0.2, 0.25) is 0 Å². The summed E-state index contributed by atoms with van der Waals surface area (Å²) < 4.78 is 1.03. The van der Waals surface area contributed by atoms with Crippen LogP contribution in [-0.2, 0) is 4.79 Å². The first-order chi connectivity index (χ1) is 17.5. The average molecular weight is 501 g/mol. The monoisotopic (exact) mass is 500 g/mol. The van der Waals surface area contributed by atoms with E-state index in [0.29, 0.717) is 31.1 Å². The van der Waals surface area contributed by atoms with E-state index in [1.807, 2.05) is 41.3 Å². The van der Waals surface area contributed by atoms with Gasteiger partial charge in [-0.1, -0.05) is 84.1 Å². The van der Waals surface area contributed by atoms with Gasteiger partial charge in [0, 0.05) is 39.5 Å². The molecule has 0 unspecified atom stereocenters. The van der Waals surface area contributed by atoms with Gasteiger partial charge in [0.15, 0.2) is 5.13 Å². The van der Waals surface area contributed by atoms with Crippen molar-refractivity contribution < 1.29 is 9.59 Å². The van der Waals surface area contributed by atoms with Crippen molar-refractivity contribution in [3.8, 4) is 0 Å². The summed E-state index contributed by atoms with van der Waals surface area (Å²) >= 11 is 1.46. The fraction of sp³-hybridized carbons (Fsp3) is 0.276. The van der Waals surface area contributed by atoms with Gasteiger partial charge >= 0.3 is 6.03 Å². The van der Waals surface area contributed by atoms with Gasteiger partial charge in [0.2, 0.25) is 5.91 Å². The number of nitrogens with one attached hydrogen (secondary N) is 1. The van der Waals surface area contributed by atoms with Crippen molar-refractivity contribution in [3.63, 3.8) is 0 Å². The Morgan fingerprint density at radius 1 is 0.861 bits per heavy atom. The Bertz CT molecular complexity index is 1200. The van der Waals surface area contributed by atoms with Crippen LogP contribution in [-0.4, -0.2) is 53.9 Å². The van der Waals surface area contributed by atoms with Crippen LogP contribution < -0.4 is 5.32 Å². The summed E-state index contributed by atoms with van der Waals surface area (Å²) in [5.41, 5.74) is 3.31. The fourth-order valence-corrected chi connectivity index (χ4v) is 5.09. The number of thiazole rings is 1. The topological polar surface area (TPSA) is 65.5 Å². The van der Waals surface area contributed by atoms with Crippen molar-refractivity contribution in [2.75, 3.05) is 32.5 Å². The molecule has 0 atom stereocenters. The van der Waals surface area contributed by atoms with E-state index in [0.717, 1.165) is 16.6 Å². The summed E-state index contributed by atoms with van der Waals surface area (Å²) in [6.07, 6.45) is 1.77. The van der Waals surface area contributed by atoms with Crippen molar-refractivity contribution >= 4 is 38.6 Å². The van der Waals surface area contributed by atoms with E-state index in [1.54, 1.807) is 19.0 Å². The minimum Gasteiger partial charge on any atom is -0.349 e. The lowest BCUT2D eigenvalue weighted by molar-refractivity contribution is -0.128. The first-order valence-corrected chi connectivity index (χ1v) is 13.0. The molecule has 0 radical (unpaired) electrons. The number of nitrogens with zero attached hydrogens (tertiary/aromatic N) is 3. The van der Waals surface area contributed by atoms with E-state index < -0.39 is 0 Å². The van der Waals surface area contributed by atoms with Gasteiger partial charge in [-0.05, 0) is 36.1 Å². The third kappa shape index (κ3) is 6.70. The number of benzene rings is 3. The summed E-state index contributed by atoms with van der Waals surface area (Å²) in [7, 11) is 3.51. The number of hydrogen-bond donors (Lipinski definition) is 1. The Balaban J connectivity index is 1.50. The number of hydrogen-bond acceptors (Lipinski definition) is 4. The van der Waals surface area contributed by atoms with E-state index in [9.17, 15) is 9.59 Å². The van der Waals surface area contributed by atoms with Crippen molar-refractivity contribution in [3.05, 3.63) is 96.1 Å². The van der Waals surface area contributed by atoms with E-state index in [4.69, 9.17) is 0 Å². The van der Waals surface area contributed by atoms with Crippen LogP contribution >= 0.6 is 11.3 Å². The van der Waals surface area contributed by atoms with Gasteiger partial charge in [-0.25, -0.2) is 9.78 Å². The van der Waals surface area contributed by atoms with Gasteiger partial charge in [0.25, 0.3) is 0 Å².